The maximum absolute atomic E-state index is 5.11. The molecule has 0 radical (unpaired) electrons. The van der Waals surface area contributed by atoms with Gasteiger partial charge in [-0.05, 0) is 55.8 Å². The molecule has 3 heterocycles. The number of aryl methyl sites for hydroxylation is 2. The summed E-state index contributed by atoms with van der Waals surface area (Å²) in [6, 6.07) is 14.8. The molecule has 5 rings (SSSR count). The predicted octanol–water partition coefficient (Wildman–Crippen LogP) is 4.58. The molecule has 0 amide bonds. The molecule has 1 spiro atoms. The molecule has 0 bridgehead atoms. The second-order valence-corrected chi connectivity index (χ2v) is 8.54. The summed E-state index contributed by atoms with van der Waals surface area (Å²) < 4.78 is 0. The molecule has 1 aliphatic heterocycles. The summed E-state index contributed by atoms with van der Waals surface area (Å²) in [5, 5.41) is 0. The average Bonchev–Trinajstić information content (AvgIpc) is 3.12. The SMILES string of the molecule is CCc1ccc(CN2CCCC3(CCc4cnc(-c5ccccc5)nc43)C2)nc1. The molecule has 0 saturated carbocycles. The van der Waals surface area contributed by atoms with E-state index in [1.807, 2.05) is 12.3 Å². The number of hydrogen-bond acceptors (Lipinski definition) is 4. The van der Waals surface area contributed by atoms with Crippen molar-refractivity contribution in [3.63, 3.8) is 0 Å². The van der Waals surface area contributed by atoms with Gasteiger partial charge in [-0.15, -0.1) is 0 Å². The van der Waals surface area contributed by atoms with Gasteiger partial charge in [-0.3, -0.25) is 9.88 Å². The first-order valence-electron chi connectivity index (χ1n) is 10.8. The largest absolute Gasteiger partial charge is 0.297 e. The molecule has 1 unspecified atom stereocenters. The Morgan fingerprint density at radius 3 is 2.69 bits per heavy atom. The van der Waals surface area contributed by atoms with E-state index in [0.29, 0.717) is 0 Å². The van der Waals surface area contributed by atoms with Gasteiger partial charge in [-0.25, -0.2) is 9.97 Å². The Morgan fingerprint density at radius 2 is 1.90 bits per heavy atom. The van der Waals surface area contributed by atoms with E-state index in [1.54, 1.807) is 0 Å². The number of likely N-dealkylation sites (tertiary alicyclic amines) is 1. The second-order valence-electron chi connectivity index (χ2n) is 8.54. The third-order valence-electron chi connectivity index (χ3n) is 6.61. The lowest BCUT2D eigenvalue weighted by Crippen LogP contribution is -2.45. The molecule has 1 atom stereocenters. The monoisotopic (exact) mass is 384 g/mol. The fourth-order valence-electron chi connectivity index (χ4n) is 5.01. The van der Waals surface area contributed by atoms with Gasteiger partial charge in [0.2, 0.25) is 0 Å². The van der Waals surface area contributed by atoms with Crippen molar-refractivity contribution in [2.75, 3.05) is 13.1 Å². The maximum atomic E-state index is 5.11. The van der Waals surface area contributed by atoms with Crippen LogP contribution < -0.4 is 0 Å². The van der Waals surface area contributed by atoms with E-state index < -0.39 is 0 Å². The minimum Gasteiger partial charge on any atom is -0.297 e. The molecule has 1 fully saturated rings. The molecule has 2 aromatic heterocycles. The summed E-state index contributed by atoms with van der Waals surface area (Å²) in [5.74, 6) is 0.861. The maximum Gasteiger partial charge on any atom is 0.159 e. The summed E-state index contributed by atoms with van der Waals surface area (Å²) in [4.78, 5) is 17.0. The molecule has 1 aromatic carbocycles. The van der Waals surface area contributed by atoms with Gasteiger partial charge >= 0.3 is 0 Å². The highest BCUT2D eigenvalue weighted by molar-refractivity contribution is 5.55. The Bertz CT molecular complexity index is 979. The Morgan fingerprint density at radius 1 is 1.00 bits per heavy atom. The zero-order valence-corrected chi connectivity index (χ0v) is 17.1. The number of rotatable bonds is 4. The molecule has 1 aliphatic carbocycles. The number of hydrogen-bond donors (Lipinski definition) is 0. The van der Waals surface area contributed by atoms with Crippen LogP contribution >= 0.6 is 0 Å². The van der Waals surface area contributed by atoms with Crippen molar-refractivity contribution in [1.29, 1.82) is 0 Å². The Hall–Kier alpha value is -2.59. The van der Waals surface area contributed by atoms with Crippen LogP contribution in [0.2, 0.25) is 0 Å². The highest BCUT2D eigenvalue weighted by Crippen LogP contribution is 2.44. The van der Waals surface area contributed by atoms with Crippen molar-refractivity contribution in [1.82, 2.24) is 19.9 Å². The molecule has 0 N–H and O–H groups in total. The lowest BCUT2D eigenvalue weighted by molar-refractivity contribution is 0.135. The number of pyridine rings is 1. The predicted molar refractivity (Wildman–Crippen MR) is 116 cm³/mol. The van der Waals surface area contributed by atoms with Crippen molar-refractivity contribution < 1.29 is 0 Å². The molecule has 1 saturated heterocycles. The van der Waals surface area contributed by atoms with E-state index in [4.69, 9.17) is 4.98 Å². The standard InChI is InChI=1S/C25H28N4/c1-2-19-9-10-22(26-15-19)17-29-14-6-12-25(18-29)13-11-21-16-27-24(28-23(21)25)20-7-4-3-5-8-20/h3-5,7-10,15-16H,2,6,11-14,17-18H2,1H3. The van der Waals surface area contributed by atoms with Crippen LogP contribution in [0.25, 0.3) is 11.4 Å². The van der Waals surface area contributed by atoms with E-state index in [-0.39, 0.29) is 5.41 Å². The van der Waals surface area contributed by atoms with E-state index in [9.17, 15) is 0 Å². The number of nitrogens with zero attached hydrogens (tertiary/aromatic N) is 4. The third-order valence-corrected chi connectivity index (χ3v) is 6.61. The molecular weight excluding hydrogens is 356 g/mol. The minimum atomic E-state index is 0.170. The molecule has 3 aromatic rings. The van der Waals surface area contributed by atoms with Crippen LogP contribution in [-0.4, -0.2) is 32.9 Å². The van der Waals surface area contributed by atoms with Crippen LogP contribution in [0.3, 0.4) is 0 Å². The molecule has 29 heavy (non-hydrogen) atoms. The summed E-state index contributed by atoms with van der Waals surface area (Å²) in [7, 11) is 0. The van der Waals surface area contributed by atoms with E-state index in [2.05, 4.69) is 64.4 Å². The highest BCUT2D eigenvalue weighted by Gasteiger charge is 2.43. The number of benzene rings is 1. The lowest BCUT2D eigenvalue weighted by Gasteiger charge is -2.40. The van der Waals surface area contributed by atoms with Gasteiger partial charge in [0, 0.05) is 36.5 Å². The minimum absolute atomic E-state index is 0.170. The van der Waals surface area contributed by atoms with Crippen molar-refractivity contribution in [3.8, 4) is 11.4 Å². The summed E-state index contributed by atoms with van der Waals surface area (Å²) >= 11 is 0. The van der Waals surface area contributed by atoms with Crippen LogP contribution in [0.1, 0.15) is 48.7 Å². The van der Waals surface area contributed by atoms with Crippen LogP contribution in [-0.2, 0) is 24.8 Å². The highest BCUT2D eigenvalue weighted by atomic mass is 15.2. The molecular formula is C25H28N4. The van der Waals surface area contributed by atoms with Crippen LogP contribution in [0.4, 0.5) is 0 Å². The smallest absolute Gasteiger partial charge is 0.159 e. The topological polar surface area (TPSA) is 41.9 Å². The molecule has 148 valence electrons. The van der Waals surface area contributed by atoms with E-state index >= 15 is 0 Å². The summed E-state index contributed by atoms with van der Waals surface area (Å²) in [6.07, 6.45) is 9.87. The molecule has 2 aliphatic rings. The van der Waals surface area contributed by atoms with Gasteiger partial charge in [0.15, 0.2) is 5.82 Å². The van der Waals surface area contributed by atoms with Crippen LogP contribution in [0.15, 0.2) is 54.9 Å². The van der Waals surface area contributed by atoms with Gasteiger partial charge in [-0.2, -0.15) is 0 Å². The van der Waals surface area contributed by atoms with Crippen LogP contribution in [0, 0.1) is 0 Å². The van der Waals surface area contributed by atoms with Gasteiger partial charge in [0.25, 0.3) is 0 Å². The Kier molecular flexibility index (Phi) is 4.88. The van der Waals surface area contributed by atoms with E-state index in [1.165, 1.54) is 41.8 Å². The van der Waals surface area contributed by atoms with Crippen molar-refractivity contribution >= 4 is 0 Å². The van der Waals surface area contributed by atoms with Gasteiger partial charge in [-0.1, -0.05) is 43.3 Å². The fourth-order valence-corrected chi connectivity index (χ4v) is 5.01. The van der Waals surface area contributed by atoms with Crippen molar-refractivity contribution in [3.05, 3.63) is 77.4 Å². The van der Waals surface area contributed by atoms with Crippen LogP contribution in [0.5, 0.6) is 0 Å². The average molecular weight is 385 g/mol. The van der Waals surface area contributed by atoms with Gasteiger partial charge < -0.3 is 0 Å². The van der Waals surface area contributed by atoms with Gasteiger partial charge in [0.1, 0.15) is 0 Å². The Balaban J connectivity index is 1.40. The summed E-state index contributed by atoms with van der Waals surface area (Å²) in [5.41, 5.74) is 6.39. The molecule has 4 nitrogen and oxygen atoms in total. The number of piperidine rings is 1. The number of aromatic nitrogens is 3. The zero-order chi connectivity index (χ0) is 19.7. The second kappa shape index (κ2) is 7.68. The number of fused-ring (bicyclic) bond motifs is 2. The first-order valence-corrected chi connectivity index (χ1v) is 10.8. The lowest BCUT2D eigenvalue weighted by atomic mass is 9.77. The van der Waals surface area contributed by atoms with Crippen molar-refractivity contribution in [2.24, 2.45) is 0 Å². The summed E-state index contributed by atoms with van der Waals surface area (Å²) in [6.45, 7) is 5.32. The molecule has 4 heteroatoms. The zero-order valence-electron chi connectivity index (χ0n) is 17.1. The normalized spacial score (nSPS) is 21.4. The quantitative estimate of drug-likeness (QED) is 0.660. The van der Waals surface area contributed by atoms with Crippen molar-refractivity contribution in [2.45, 2.75) is 51.0 Å². The van der Waals surface area contributed by atoms with E-state index in [0.717, 1.165) is 43.9 Å². The first kappa shape index (κ1) is 18.4. The fraction of sp³-hybridized carbons (Fsp3) is 0.400. The third kappa shape index (κ3) is 3.58. The van der Waals surface area contributed by atoms with Gasteiger partial charge in [0.05, 0.1) is 11.4 Å². The Labute approximate surface area is 173 Å². The first-order chi connectivity index (χ1) is 14.3.